The average Bonchev–Trinajstić information content (AvgIpc) is 2.32. The Balaban J connectivity index is 3.90. The molecule has 100 valence electrons. The van der Waals surface area contributed by atoms with Crippen molar-refractivity contribution in [2.24, 2.45) is 0 Å². The molecule has 0 heterocycles. The molecule has 5 heteroatoms. The standard InChI is InChI=1S/C12H24N2O2S/c1-5-13(6-2)11(15)9-17-10-12(16)14(7-3)8-4/h5-10H2,1-4H3. The van der Waals surface area contributed by atoms with Crippen molar-refractivity contribution >= 4 is 23.6 Å². The monoisotopic (exact) mass is 260 g/mol. The van der Waals surface area contributed by atoms with E-state index in [1.165, 1.54) is 11.8 Å². The minimum atomic E-state index is 0.118. The Morgan fingerprint density at radius 1 is 0.765 bits per heavy atom. The molecule has 0 saturated heterocycles. The number of hydrogen-bond donors (Lipinski definition) is 0. The number of rotatable bonds is 8. The lowest BCUT2D eigenvalue weighted by atomic mass is 10.5. The molecule has 0 aromatic heterocycles. The van der Waals surface area contributed by atoms with Gasteiger partial charge in [-0.15, -0.1) is 11.8 Å². The number of carbonyl (C=O) groups is 2. The second-order valence-corrected chi connectivity index (χ2v) is 4.61. The maximum absolute atomic E-state index is 11.7. The van der Waals surface area contributed by atoms with Crippen LogP contribution in [0.15, 0.2) is 0 Å². The predicted molar refractivity (Wildman–Crippen MR) is 73.2 cm³/mol. The maximum atomic E-state index is 11.7. The zero-order valence-electron chi connectivity index (χ0n) is 11.4. The van der Waals surface area contributed by atoms with E-state index in [4.69, 9.17) is 0 Å². The molecule has 0 aliphatic rings. The average molecular weight is 260 g/mol. The molecule has 0 unspecified atom stereocenters. The Bertz CT molecular complexity index is 215. The molecule has 0 rings (SSSR count). The molecule has 0 bridgehead atoms. The van der Waals surface area contributed by atoms with Crippen LogP contribution in [-0.4, -0.2) is 59.3 Å². The van der Waals surface area contributed by atoms with Crippen LogP contribution in [0, 0.1) is 0 Å². The van der Waals surface area contributed by atoms with Gasteiger partial charge in [0, 0.05) is 26.2 Å². The molecule has 0 fully saturated rings. The Labute approximate surface area is 109 Å². The van der Waals surface area contributed by atoms with Gasteiger partial charge in [-0.25, -0.2) is 0 Å². The lowest BCUT2D eigenvalue weighted by molar-refractivity contribution is -0.128. The van der Waals surface area contributed by atoms with E-state index in [-0.39, 0.29) is 11.8 Å². The lowest BCUT2D eigenvalue weighted by Gasteiger charge is -2.20. The molecule has 0 aliphatic carbocycles. The van der Waals surface area contributed by atoms with E-state index in [2.05, 4.69) is 0 Å². The van der Waals surface area contributed by atoms with E-state index < -0.39 is 0 Å². The molecule has 0 aromatic rings. The van der Waals surface area contributed by atoms with Crippen LogP contribution < -0.4 is 0 Å². The van der Waals surface area contributed by atoms with Crippen molar-refractivity contribution in [3.8, 4) is 0 Å². The molecule has 17 heavy (non-hydrogen) atoms. The van der Waals surface area contributed by atoms with Crippen molar-refractivity contribution in [2.75, 3.05) is 37.7 Å². The van der Waals surface area contributed by atoms with Gasteiger partial charge in [0.05, 0.1) is 11.5 Å². The first kappa shape index (κ1) is 16.3. The summed E-state index contributed by atoms with van der Waals surface area (Å²) in [5.74, 6) is 1.03. The van der Waals surface area contributed by atoms with Crippen LogP contribution >= 0.6 is 11.8 Å². The molecule has 0 atom stereocenters. The highest BCUT2D eigenvalue weighted by atomic mass is 32.2. The Hall–Kier alpha value is -0.710. The molecule has 0 saturated carbocycles. The van der Waals surface area contributed by atoms with Gasteiger partial charge in [0.15, 0.2) is 0 Å². The highest BCUT2D eigenvalue weighted by Gasteiger charge is 2.13. The van der Waals surface area contributed by atoms with Gasteiger partial charge in [-0.05, 0) is 27.7 Å². The first-order valence-electron chi connectivity index (χ1n) is 6.23. The number of thioether (sulfide) groups is 1. The highest BCUT2D eigenvalue weighted by molar-refractivity contribution is 8.00. The summed E-state index contributed by atoms with van der Waals surface area (Å²) in [6.07, 6.45) is 0. The van der Waals surface area contributed by atoms with Gasteiger partial charge in [-0.2, -0.15) is 0 Å². The van der Waals surface area contributed by atoms with Gasteiger partial charge in [0.25, 0.3) is 0 Å². The normalized spacial score (nSPS) is 10.1. The van der Waals surface area contributed by atoms with Crippen LogP contribution in [0.5, 0.6) is 0 Å². The van der Waals surface area contributed by atoms with Crippen molar-refractivity contribution in [1.82, 2.24) is 9.80 Å². The fourth-order valence-electron chi connectivity index (χ4n) is 1.56. The first-order valence-corrected chi connectivity index (χ1v) is 7.39. The van der Waals surface area contributed by atoms with Crippen LogP contribution in [0.25, 0.3) is 0 Å². The van der Waals surface area contributed by atoms with Crippen LogP contribution in [-0.2, 0) is 9.59 Å². The largest absolute Gasteiger partial charge is 0.343 e. The Morgan fingerprint density at radius 2 is 1.06 bits per heavy atom. The van der Waals surface area contributed by atoms with Gasteiger partial charge >= 0.3 is 0 Å². The molecular weight excluding hydrogens is 236 g/mol. The van der Waals surface area contributed by atoms with Gasteiger partial charge in [-0.1, -0.05) is 0 Å². The number of carbonyl (C=O) groups excluding carboxylic acids is 2. The summed E-state index contributed by atoms with van der Waals surface area (Å²) in [7, 11) is 0. The van der Waals surface area contributed by atoms with Gasteiger partial charge in [-0.3, -0.25) is 9.59 Å². The first-order chi connectivity index (χ1) is 8.10. The summed E-state index contributed by atoms with van der Waals surface area (Å²) in [5.41, 5.74) is 0. The molecule has 0 radical (unpaired) electrons. The molecule has 4 nitrogen and oxygen atoms in total. The minimum Gasteiger partial charge on any atom is -0.343 e. The third-order valence-electron chi connectivity index (χ3n) is 2.68. The van der Waals surface area contributed by atoms with Crippen LogP contribution in [0.2, 0.25) is 0 Å². The van der Waals surface area contributed by atoms with Gasteiger partial charge < -0.3 is 9.80 Å². The van der Waals surface area contributed by atoms with Crippen molar-refractivity contribution in [1.29, 1.82) is 0 Å². The van der Waals surface area contributed by atoms with Crippen molar-refractivity contribution < 1.29 is 9.59 Å². The summed E-state index contributed by atoms with van der Waals surface area (Å²) >= 11 is 1.41. The third kappa shape index (κ3) is 5.96. The van der Waals surface area contributed by atoms with Gasteiger partial charge in [0.2, 0.25) is 11.8 Å². The fourth-order valence-corrected chi connectivity index (χ4v) is 2.38. The summed E-state index contributed by atoms with van der Waals surface area (Å²) < 4.78 is 0. The second kappa shape index (κ2) is 9.33. The second-order valence-electron chi connectivity index (χ2n) is 3.62. The zero-order valence-corrected chi connectivity index (χ0v) is 12.2. The molecule has 2 amide bonds. The van der Waals surface area contributed by atoms with Gasteiger partial charge in [0.1, 0.15) is 0 Å². The van der Waals surface area contributed by atoms with Crippen molar-refractivity contribution in [2.45, 2.75) is 27.7 Å². The third-order valence-corrected chi connectivity index (χ3v) is 3.59. The van der Waals surface area contributed by atoms with E-state index in [1.807, 2.05) is 27.7 Å². The topological polar surface area (TPSA) is 40.6 Å². The molecule has 0 N–H and O–H groups in total. The lowest BCUT2D eigenvalue weighted by Crippen LogP contribution is -2.34. The fraction of sp³-hybridized carbons (Fsp3) is 0.833. The van der Waals surface area contributed by atoms with E-state index in [1.54, 1.807) is 9.80 Å². The van der Waals surface area contributed by atoms with Crippen LogP contribution in [0.1, 0.15) is 27.7 Å². The molecule has 0 aliphatic heterocycles. The summed E-state index contributed by atoms with van der Waals surface area (Å²) in [4.78, 5) is 26.9. The molecule has 0 aromatic carbocycles. The SMILES string of the molecule is CCN(CC)C(=O)CSCC(=O)N(CC)CC. The number of amides is 2. The van der Waals surface area contributed by atoms with Crippen molar-refractivity contribution in [3.63, 3.8) is 0 Å². The van der Waals surface area contributed by atoms with E-state index in [0.717, 1.165) is 26.2 Å². The van der Waals surface area contributed by atoms with Crippen molar-refractivity contribution in [3.05, 3.63) is 0 Å². The van der Waals surface area contributed by atoms with Crippen LogP contribution in [0.4, 0.5) is 0 Å². The number of hydrogen-bond acceptors (Lipinski definition) is 3. The summed E-state index contributed by atoms with van der Waals surface area (Å²) in [6.45, 7) is 10.8. The highest BCUT2D eigenvalue weighted by Crippen LogP contribution is 2.05. The zero-order chi connectivity index (χ0) is 13.3. The van der Waals surface area contributed by atoms with Crippen LogP contribution in [0.3, 0.4) is 0 Å². The van der Waals surface area contributed by atoms with E-state index in [9.17, 15) is 9.59 Å². The maximum Gasteiger partial charge on any atom is 0.232 e. The predicted octanol–water partition coefficient (Wildman–Crippen LogP) is 1.46. The summed E-state index contributed by atoms with van der Waals surface area (Å²) in [5, 5.41) is 0. The van der Waals surface area contributed by atoms with E-state index >= 15 is 0 Å². The molecular formula is C12H24N2O2S. The quantitative estimate of drug-likeness (QED) is 0.663. The van der Waals surface area contributed by atoms with E-state index in [0.29, 0.717) is 11.5 Å². The Morgan fingerprint density at radius 3 is 1.29 bits per heavy atom. The molecule has 0 spiro atoms. The minimum absolute atomic E-state index is 0.118. The smallest absolute Gasteiger partial charge is 0.232 e. The Kier molecular flexibility index (Phi) is 8.94. The number of nitrogens with zero attached hydrogens (tertiary/aromatic N) is 2. The summed E-state index contributed by atoms with van der Waals surface area (Å²) in [6, 6.07) is 0.